The average Bonchev–Trinajstić information content (AvgIpc) is 2.98. The van der Waals surface area contributed by atoms with Gasteiger partial charge < -0.3 is 20.7 Å². The highest BCUT2D eigenvalue weighted by Gasteiger charge is 2.40. The maximum Gasteiger partial charge on any atom is 0.219 e. The Labute approximate surface area is 259 Å². The van der Waals surface area contributed by atoms with Crippen LogP contribution in [-0.2, 0) is 27.2 Å². The Morgan fingerprint density at radius 3 is 2.43 bits per heavy atom. The quantitative estimate of drug-likeness (QED) is 0.356. The highest BCUT2D eigenvalue weighted by atomic mass is 35.5. The van der Waals surface area contributed by atoms with Crippen molar-refractivity contribution in [3.05, 3.63) is 99.6 Å². The number of morpholine rings is 1. The van der Waals surface area contributed by atoms with Crippen molar-refractivity contribution >= 4 is 23.3 Å². The van der Waals surface area contributed by atoms with Crippen LogP contribution in [0, 0.1) is 17.5 Å². The molecule has 3 N–H and O–H groups in total. The molecular weight excluding hydrogens is 593 g/mol. The number of nitrogens with two attached hydrogens (primary N) is 1. The number of aromatic nitrogens is 1. The first-order valence-electron chi connectivity index (χ1n) is 14.8. The molecule has 2 fully saturated rings. The molecule has 0 radical (unpaired) electrons. The van der Waals surface area contributed by atoms with E-state index in [4.69, 9.17) is 22.1 Å². The lowest BCUT2D eigenvalue weighted by Crippen LogP contribution is -2.58. The number of rotatable bonds is 9. The zero-order chi connectivity index (χ0) is 31.4. The number of carbonyl (C=O) groups is 2. The number of Topliss-reactive ketones (excluding diaryl/α,β-unsaturated/α-hetero) is 1. The molecule has 3 heterocycles. The van der Waals surface area contributed by atoms with Gasteiger partial charge in [0.15, 0.2) is 5.78 Å². The number of nitrogens with zero attached hydrogens (tertiary/aromatic N) is 2. The van der Waals surface area contributed by atoms with Crippen LogP contribution >= 0.6 is 11.6 Å². The van der Waals surface area contributed by atoms with Gasteiger partial charge in [0.2, 0.25) is 5.91 Å². The Bertz CT molecular complexity index is 1480. The highest BCUT2D eigenvalue weighted by Crippen LogP contribution is 2.33. The molecular formula is C33H36ClF3N4O3. The van der Waals surface area contributed by atoms with E-state index in [-0.39, 0.29) is 29.6 Å². The van der Waals surface area contributed by atoms with Crippen LogP contribution in [0.1, 0.15) is 54.4 Å². The van der Waals surface area contributed by atoms with Gasteiger partial charge in [-0.05, 0) is 72.2 Å². The van der Waals surface area contributed by atoms with Crippen LogP contribution in [0.25, 0.3) is 0 Å². The SMILES string of the molecule is CC(=O)N1CCC2(CC1)CNC[C@@H](CCc1c(F)cncc1CC(=O)[C@@H](N)[C@@H](c1ccc(Cl)cc1)c1cc(F)cc(F)c1)O2. The van der Waals surface area contributed by atoms with Crippen LogP contribution in [-0.4, -0.2) is 65.5 Å². The van der Waals surface area contributed by atoms with Gasteiger partial charge in [0, 0.05) is 62.7 Å². The number of benzene rings is 2. The first-order chi connectivity index (χ1) is 21.0. The number of nitrogens with one attached hydrogen (secondary N) is 1. The standard InChI is InChI=1S/C33H36ClF3N4O3/c1-20(42)41-10-8-33(9-11-41)19-40-17-27(44-33)6-7-28-23(16-39-18-29(28)37)14-30(43)32(38)31(21-2-4-24(34)5-3-21)22-12-25(35)15-26(36)13-22/h2-5,12-13,15-16,18,27,31-32,40H,6-11,14,17,19,38H2,1H3/t27-,31+,32-/m1/s1. The summed E-state index contributed by atoms with van der Waals surface area (Å²) in [6, 6.07) is 8.41. The molecule has 2 aliphatic heterocycles. The third-order valence-electron chi connectivity index (χ3n) is 8.74. The van der Waals surface area contributed by atoms with Crippen molar-refractivity contribution in [1.82, 2.24) is 15.2 Å². The number of halogens is 4. The van der Waals surface area contributed by atoms with E-state index in [9.17, 15) is 18.4 Å². The second kappa shape index (κ2) is 13.8. The summed E-state index contributed by atoms with van der Waals surface area (Å²) in [6.45, 7) is 4.14. The van der Waals surface area contributed by atoms with Gasteiger partial charge in [0.25, 0.3) is 0 Å². The fourth-order valence-corrected chi connectivity index (χ4v) is 6.47. The fourth-order valence-electron chi connectivity index (χ4n) is 6.35. The molecule has 11 heteroatoms. The molecule has 7 nitrogen and oxygen atoms in total. The zero-order valence-electron chi connectivity index (χ0n) is 24.5. The van der Waals surface area contributed by atoms with Gasteiger partial charge in [0.05, 0.1) is 23.9 Å². The van der Waals surface area contributed by atoms with Crippen LogP contribution in [0.4, 0.5) is 13.2 Å². The number of hydrogen-bond acceptors (Lipinski definition) is 6. The van der Waals surface area contributed by atoms with Gasteiger partial charge in [-0.15, -0.1) is 0 Å². The molecule has 234 valence electrons. The molecule has 1 amide bonds. The van der Waals surface area contributed by atoms with Gasteiger partial charge in [-0.25, -0.2) is 13.2 Å². The van der Waals surface area contributed by atoms with Gasteiger partial charge in [0.1, 0.15) is 17.5 Å². The largest absolute Gasteiger partial charge is 0.369 e. The van der Waals surface area contributed by atoms with Crippen molar-refractivity contribution in [2.45, 2.75) is 62.7 Å². The summed E-state index contributed by atoms with van der Waals surface area (Å²) in [4.78, 5) is 31.2. The lowest BCUT2D eigenvalue weighted by molar-refractivity contribution is -0.153. The average molecular weight is 629 g/mol. The number of pyridine rings is 1. The minimum atomic E-state index is -1.19. The Kier molecular flexibility index (Phi) is 10.0. The normalized spacial score (nSPS) is 19.5. The number of likely N-dealkylation sites (tertiary alicyclic amines) is 1. The van der Waals surface area contributed by atoms with E-state index < -0.39 is 35.2 Å². The minimum Gasteiger partial charge on any atom is -0.369 e. The van der Waals surface area contributed by atoms with Crippen molar-refractivity contribution in [2.75, 3.05) is 26.2 Å². The molecule has 2 saturated heterocycles. The van der Waals surface area contributed by atoms with Gasteiger partial charge in [-0.3, -0.25) is 14.6 Å². The summed E-state index contributed by atoms with van der Waals surface area (Å²) >= 11 is 6.05. The second-order valence-corrected chi connectivity index (χ2v) is 12.2. The Hall–Kier alpha value is -3.31. The lowest BCUT2D eigenvalue weighted by Gasteiger charge is -2.46. The van der Waals surface area contributed by atoms with E-state index in [0.717, 1.165) is 37.2 Å². The lowest BCUT2D eigenvalue weighted by atomic mass is 9.82. The predicted molar refractivity (Wildman–Crippen MR) is 161 cm³/mol. The number of piperidine rings is 1. The Balaban J connectivity index is 1.31. The van der Waals surface area contributed by atoms with Crippen molar-refractivity contribution in [2.24, 2.45) is 5.73 Å². The molecule has 5 rings (SSSR count). The summed E-state index contributed by atoms with van der Waals surface area (Å²) in [7, 11) is 0. The monoisotopic (exact) mass is 628 g/mol. The predicted octanol–water partition coefficient (Wildman–Crippen LogP) is 4.73. The number of ether oxygens (including phenoxy) is 1. The molecule has 0 bridgehead atoms. The number of amides is 1. The van der Waals surface area contributed by atoms with Crippen LogP contribution in [0.3, 0.4) is 0 Å². The Morgan fingerprint density at radius 2 is 1.77 bits per heavy atom. The molecule has 1 aromatic heterocycles. The van der Waals surface area contributed by atoms with E-state index in [1.165, 1.54) is 6.20 Å². The molecule has 3 atom stereocenters. The summed E-state index contributed by atoms with van der Waals surface area (Å²) in [6.07, 6.45) is 4.46. The van der Waals surface area contributed by atoms with Crippen molar-refractivity contribution in [1.29, 1.82) is 0 Å². The van der Waals surface area contributed by atoms with Crippen molar-refractivity contribution in [3.8, 4) is 0 Å². The minimum absolute atomic E-state index is 0.0534. The van der Waals surface area contributed by atoms with Crippen molar-refractivity contribution in [3.63, 3.8) is 0 Å². The maximum atomic E-state index is 15.1. The molecule has 44 heavy (non-hydrogen) atoms. The van der Waals surface area contributed by atoms with Crippen molar-refractivity contribution < 1.29 is 27.5 Å². The van der Waals surface area contributed by atoms with E-state index in [2.05, 4.69) is 10.3 Å². The topological polar surface area (TPSA) is 97.6 Å². The van der Waals surface area contributed by atoms with Crippen LogP contribution in [0.15, 0.2) is 54.9 Å². The molecule has 0 unspecified atom stereocenters. The van der Waals surface area contributed by atoms with E-state index in [1.807, 2.05) is 4.90 Å². The first-order valence-corrected chi connectivity index (χ1v) is 15.2. The Morgan fingerprint density at radius 1 is 1.09 bits per heavy atom. The summed E-state index contributed by atoms with van der Waals surface area (Å²) < 4.78 is 50.1. The highest BCUT2D eigenvalue weighted by molar-refractivity contribution is 6.30. The number of ketones is 1. The summed E-state index contributed by atoms with van der Waals surface area (Å²) in [5.74, 6) is -3.37. The molecule has 2 aliphatic rings. The smallest absolute Gasteiger partial charge is 0.219 e. The molecule has 0 aliphatic carbocycles. The zero-order valence-corrected chi connectivity index (χ0v) is 25.3. The molecule has 0 saturated carbocycles. The van der Waals surface area contributed by atoms with E-state index in [1.54, 1.807) is 31.2 Å². The van der Waals surface area contributed by atoms with Crippen LogP contribution in [0.2, 0.25) is 5.02 Å². The van der Waals surface area contributed by atoms with Gasteiger partial charge in [-0.2, -0.15) is 0 Å². The first kappa shape index (κ1) is 32.1. The van der Waals surface area contributed by atoms with Crippen LogP contribution in [0.5, 0.6) is 0 Å². The summed E-state index contributed by atoms with van der Waals surface area (Å²) in [5, 5.41) is 3.90. The van der Waals surface area contributed by atoms with Gasteiger partial charge in [-0.1, -0.05) is 23.7 Å². The third-order valence-corrected chi connectivity index (χ3v) is 8.99. The fraction of sp³-hybridized carbons (Fsp3) is 0.424. The third kappa shape index (κ3) is 7.48. The summed E-state index contributed by atoms with van der Waals surface area (Å²) in [5.41, 5.74) is 7.65. The maximum absolute atomic E-state index is 15.1. The number of carbonyl (C=O) groups excluding carboxylic acids is 2. The molecule has 2 aromatic carbocycles. The van der Waals surface area contributed by atoms with Gasteiger partial charge >= 0.3 is 0 Å². The molecule has 3 aromatic rings. The van der Waals surface area contributed by atoms with Crippen LogP contribution < -0.4 is 11.1 Å². The molecule has 1 spiro atoms. The van der Waals surface area contributed by atoms with E-state index in [0.29, 0.717) is 60.7 Å². The number of hydrogen-bond donors (Lipinski definition) is 2. The van der Waals surface area contributed by atoms with E-state index >= 15 is 4.39 Å². The second-order valence-electron chi connectivity index (χ2n) is 11.8.